The van der Waals surface area contributed by atoms with Gasteiger partial charge in [0.1, 0.15) is 6.04 Å². The van der Waals surface area contributed by atoms with E-state index in [0.29, 0.717) is 42.8 Å². The minimum atomic E-state index is -0.974. The van der Waals surface area contributed by atoms with E-state index >= 15 is 0 Å². The molecule has 0 radical (unpaired) electrons. The molecule has 2 heterocycles. The summed E-state index contributed by atoms with van der Waals surface area (Å²) in [5.74, 6) is -2.19. The van der Waals surface area contributed by atoms with Gasteiger partial charge in [-0.1, -0.05) is 32.9 Å². The third kappa shape index (κ3) is 4.47. The van der Waals surface area contributed by atoms with E-state index in [2.05, 4.69) is 11.9 Å². The van der Waals surface area contributed by atoms with Gasteiger partial charge in [-0.25, -0.2) is 13.8 Å². The average Bonchev–Trinajstić information content (AvgIpc) is 3.20. The van der Waals surface area contributed by atoms with E-state index in [1.54, 1.807) is 14.4 Å². The molecule has 0 aliphatic carbocycles. The van der Waals surface area contributed by atoms with Crippen LogP contribution in [0.4, 0.5) is 8.78 Å². The van der Waals surface area contributed by atoms with Gasteiger partial charge >= 0.3 is 0 Å². The molecule has 3 aromatic rings. The van der Waals surface area contributed by atoms with Crippen LogP contribution in [0.5, 0.6) is 0 Å². The summed E-state index contributed by atoms with van der Waals surface area (Å²) in [4.78, 5) is 34.0. The van der Waals surface area contributed by atoms with E-state index < -0.39 is 17.7 Å². The Labute approximate surface area is 191 Å². The van der Waals surface area contributed by atoms with Gasteiger partial charge in [-0.3, -0.25) is 9.59 Å². The van der Waals surface area contributed by atoms with E-state index in [1.165, 1.54) is 11.9 Å². The van der Waals surface area contributed by atoms with Gasteiger partial charge < -0.3 is 14.4 Å². The number of hydrogen-bond acceptors (Lipinski definition) is 3. The highest BCUT2D eigenvalue weighted by Gasteiger charge is 2.33. The third-order valence-corrected chi connectivity index (χ3v) is 6.29. The van der Waals surface area contributed by atoms with Crippen molar-refractivity contribution in [1.29, 1.82) is 0 Å². The number of nitrogens with zero attached hydrogens (tertiary/aromatic N) is 4. The summed E-state index contributed by atoms with van der Waals surface area (Å²) in [5.41, 5.74) is 2.50. The minimum Gasteiger partial charge on any atom is -0.337 e. The van der Waals surface area contributed by atoms with Crippen molar-refractivity contribution in [2.75, 3.05) is 26.2 Å². The normalized spacial score (nSPS) is 15.3. The van der Waals surface area contributed by atoms with Crippen molar-refractivity contribution in [3.8, 4) is 0 Å². The summed E-state index contributed by atoms with van der Waals surface area (Å²) in [7, 11) is 0. The molecule has 2 aromatic carbocycles. The number of carbonyl (C=O) groups is 2. The molecule has 174 valence electrons. The van der Waals surface area contributed by atoms with Crippen LogP contribution in [0, 0.1) is 17.6 Å². The number of carbonyl (C=O) groups excluding carboxylic acids is 2. The van der Waals surface area contributed by atoms with Crippen molar-refractivity contribution in [2.24, 2.45) is 5.92 Å². The zero-order valence-electron chi connectivity index (χ0n) is 19.1. The molecule has 4 rings (SSSR count). The summed E-state index contributed by atoms with van der Waals surface area (Å²) in [6.45, 7) is 7.60. The largest absolute Gasteiger partial charge is 0.337 e. The number of fused-ring (bicyclic) bond motifs is 1. The Hall–Kier alpha value is -3.29. The molecule has 8 heteroatoms. The van der Waals surface area contributed by atoms with Crippen LogP contribution >= 0.6 is 0 Å². The van der Waals surface area contributed by atoms with Crippen LogP contribution in [0.25, 0.3) is 11.0 Å². The van der Waals surface area contributed by atoms with Crippen LogP contribution in [0.15, 0.2) is 42.7 Å². The maximum Gasteiger partial charge on any atom is 0.253 e. The van der Waals surface area contributed by atoms with Crippen LogP contribution in [0.2, 0.25) is 0 Å². The summed E-state index contributed by atoms with van der Waals surface area (Å²) < 4.78 is 29.1. The molecule has 1 aromatic heterocycles. The average molecular weight is 455 g/mol. The Bertz CT molecular complexity index is 1170. The Morgan fingerprint density at radius 3 is 2.18 bits per heavy atom. The molecule has 0 bridgehead atoms. The lowest BCUT2D eigenvalue weighted by Crippen LogP contribution is -2.52. The second kappa shape index (κ2) is 9.29. The maximum absolute atomic E-state index is 13.9. The van der Waals surface area contributed by atoms with Crippen LogP contribution in [-0.4, -0.2) is 57.3 Å². The first-order chi connectivity index (χ1) is 15.8. The van der Waals surface area contributed by atoms with Crippen LogP contribution in [0.3, 0.4) is 0 Å². The molecule has 6 nitrogen and oxygen atoms in total. The Morgan fingerprint density at radius 2 is 1.58 bits per heavy atom. The first-order valence-corrected chi connectivity index (χ1v) is 11.3. The van der Waals surface area contributed by atoms with E-state index in [-0.39, 0.29) is 17.7 Å². The fourth-order valence-electron chi connectivity index (χ4n) is 4.35. The molecule has 0 spiro atoms. The lowest BCUT2D eigenvalue weighted by atomic mass is 10.0. The fourth-order valence-corrected chi connectivity index (χ4v) is 4.35. The Kier molecular flexibility index (Phi) is 6.44. The summed E-state index contributed by atoms with van der Waals surface area (Å²) in [6, 6.07) is 9.14. The lowest BCUT2D eigenvalue weighted by Gasteiger charge is -2.37. The molecular weight excluding hydrogens is 426 g/mol. The molecule has 1 fully saturated rings. The van der Waals surface area contributed by atoms with Crippen LogP contribution < -0.4 is 0 Å². The predicted octanol–water partition coefficient (Wildman–Crippen LogP) is 4.06. The number of hydrogen-bond donors (Lipinski definition) is 0. The van der Waals surface area contributed by atoms with Gasteiger partial charge in [0.2, 0.25) is 5.91 Å². The smallest absolute Gasteiger partial charge is 0.253 e. The number of aryl methyl sites for hydroxylation is 1. The SMILES string of the molecule is CCc1ccc(C(=O)N2CCN(C(=O)C(C(C)C)n3cnc4cc(F)c(F)cc43)CC2)cc1. The zero-order valence-corrected chi connectivity index (χ0v) is 19.1. The highest BCUT2D eigenvalue weighted by atomic mass is 19.2. The first kappa shape index (κ1) is 22.9. The summed E-state index contributed by atoms with van der Waals surface area (Å²) in [6.07, 6.45) is 2.38. The topological polar surface area (TPSA) is 58.4 Å². The van der Waals surface area contributed by atoms with Crippen molar-refractivity contribution in [3.63, 3.8) is 0 Å². The van der Waals surface area contributed by atoms with Crippen LogP contribution in [0.1, 0.15) is 42.7 Å². The second-order valence-electron chi connectivity index (χ2n) is 8.76. The maximum atomic E-state index is 13.9. The standard InChI is InChI=1S/C25H28F2N4O2/c1-4-17-5-7-18(8-6-17)24(32)29-9-11-30(12-10-29)25(33)23(16(2)3)31-15-28-21-13-19(26)20(27)14-22(21)31/h5-8,13-16,23H,4,9-12H2,1-3H3. The molecule has 2 amide bonds. The van der Waals surface area contributed by atoms with E-state index in [4.69, 9.17) is 0 Å². The molecular formula is C25H28F2N4O2. The first-order valence-electron chi connectivity index (χ1n) is 11.3. The molecule has 1 unspecified atom stereocenters. The van der Waals surface area contributed by atoms with Gasteiger partial charge in [-0.2, -0.15) is 0 Å². The minimum absolute atomic E-state index is 0.0386. The van der Waals surface area contributed by atoms with Gasteiger partial charge in [0, 0.05) is 43.9 Å². The van der Waals surface area contributed by atoms with E-state index in [9.17, 15) is 18.4 Å². The van der Waals surface area contributed by atoms with Gasteiger partial charge in [-0.05, 0) is 30.0 Å². The highest BCUT2D eigenvalue weighted by Crippen LogP contribution is 2.27. The lowest BCUT2D eigenvalue weighted by molar-refractivity contribution is -0.137. The highest BCUT2D eigenvalue weighted by molar-refractivity contribution is 5.94. The Morgan fingerprint density at radius 1 is 0.970 bits per heavy atom. The predicted molar refractivity (Wildman–Crippen MR) is 122 cm³/mol. The van der Waals surface area contributed by atoms with Gasteiger partial charge in [0.15, 0.2) is 11.6 Å². The second-order valence-corrected chi connectivity index (χ2v) is 8.76. The quantitative estimate of drug-likeness (QED) is 0.584. The monoisotopic (exact) mass is 454 g/mol. The van der Waals surface area contributed by atoms with Crippen molar-refractivity contribution < 1.29 is 18.4 Å². The molecule has 1 atom stereocenters. The van der Waals surface area contributed by atoms with E-state index in [0.717, 1.165) is 18.6 Å². The summed E-state index contributed by atoms with van der Waals surface area (Å²) in [5, 5.41) is 0. The number of aromatic nitrogens is 2. The van der Waals surface area contributed by atoms with Crippen molar-refractivity contribution >= 4 is 22.8 Å². The number of amides is 2. The molecule has 0 saturated carbocycles. The molecule has 0 N–H and O–H groups in total. The number of piperazine rings is 1. The van der Waals surface area contributed by atoms with Crippen LogP contribution in [-0.2, 0) is 11.2 Å². The van der Waals surface area contributed by atoms with Crippen molar-refractivity contribution in [3.05, 3.63) is 65.5 Å². The Balaban J connectivity index is 1.48. The molecule has 33 heavy (non-hydrogen) atoms. The number of benzene rings is 2. The van der Waals surface area contributed by atoms with E-state index in [1.807, 2.05) is 38.1 Å². The number of imidazole rings is 1. The third-order valence-electron chi connectivity index (χ3n) is 6.29. The summed E-state index contributed by atoms with van der Waals surface area (Å²) >= 11 is 0. The van der Waals surface area contributed by atoms with Gasteiger partial charge in [-0.15, -0.1) is 0 Å². The van der Waals surface area contributed by atoms with Gasteiger partial charge in [0.25, 0.3) is 5.91 Å². The molecule has 1 aliphatic heterocycles. The van der Waals surface area contributed by atoms with Crippen molar-refractivity contribution in [2.45, 2.75) is 33.2 Å². The fraction of sp³-hybridized carbons (Fsp3) is 0.400. The number of rotatable bonds is 5. The number of halogens is 2. The van der Waals surface area contributed by atoms with Gasteiger partial charge in [0.05, 0.1) is 17.4 Å². The van der Waals surface area contributed by atoms with Crippen molar-refractivity contribution in [1.82, 2.24) is 19.4 Å². The molecule has 1 aliphatic rings. The zero-order chi connectivity index (χ0) is 23.7. The molecule has 1 saturated heterocycles.